The minimum Gasteiger partial charge on any atom is -0.492 e. The fourth-order valence-electron chi connectivity index (χ4n) is 3.38. The summed E-state index contributed by atoms with van der Waals surface area (Å²) < 4.78 is 38.0. The van der Waals surface area contributed by atoms with Gasteiger partial charge in [-0.2, -0.15) is 8.42 Å². The quantitative estimate of drug-likeness (QED) is 0.435. The number of aromatic nitrogens is 1. The van der Waals surface area contributed by atoms with Gasteiger partial charge >= 0.3 is 6.16 Å². The molecule has 1 aliphatic carbocycles. The van der Waals surface area contributed by atoms with E-state index in [1.54, 1.807) is 12.1 Å². The van der Waals surface area contributed by atoms with Crippen molar-refractivity contribution in [2.75, 3.05) is 6.61 Å². The van der Waals surface area contributed by atoms with Crippen LogP contribution in [0, 0.1) is 0 Å². The largest absolute Gasteiger partial charge is 0.534 e. The van der Waals surface area contributed by atoms with Gasteiger partial charge in [-0.3, -0.25) is 9.39 Å². The lowest BCUT2D eigenvalue weighted by atomic mass is 9.98. The number of hydrogen-bond acceptors (Lipinski definition) is 7. The third-order valence-electron chi connectivity index (χ3n) is 4.65. The lowest BCUT2D eigenvalue weighted by molar-refractivity contribution is 0.0341. The fraction of sp³-hybridized carbons (Fsp3) is 0.105. The third-order valence-corrected chi connectivity index (χ3v) is 5.50. The van der Waals surface area contributed by atoms with E-state index >= 15 is 0 Å². The van der Waals surface area contributed by atoms with E-state index in [0.717, 1.165) is 28.8 Å². The second kappa shape index (κ2) is 6.83. The molecule has 1 aliphatic rings. The number of aromatic hydroxyl groups is 2. The molecule has 0 aliphatic heterocycles. The zero-order chi connectivity index (χ0) is 20.8. The molecule has 0 saturated carbocycles. The summed E-state index contributed by atoms with van der Waals surface area (Å²) in [7, 11) is -4.40. The molecule has 1 atom stereocenters. The Balaban J connectivity index is 1.61. The Morgan fingerprint density at radius 3 is 2.31 bits per heavy atom. The van der Waals surface area contributed by atoms with Crippen LogP contribution in [0.5, 0.6) is 11.8 Å². The molecule has 0 spiro atoms. The van der Waals surface area contributed by atoms with Gasteiger partial charge in [0.15, 0.2) is 0 Å². The Morgan fingerprint density at radius 2 is 1.62 bits per heavy atom. The maximum atomic E-state index is 12.0. The molecule has 0 saturated heterocycles. The lowest BCUT2D eigenvalue weighted by Gasteiger charge is -2.14. The maximum Gasteiger partial charge on any atom is 0.534 e. The van der Waals surface area contributed by atoms with Gasteiger partial charge in [0.25, 0.3) is 10.1 Å². The summed E-state index contributed by atoms with van der Waals surface area (Å²) in [6.45, 7) is -0.194. The molecule has 9 nitrogen and oxygen atoms in total. The van der Waals surface area contributed by atoms with Crippen molar-refractivity contribution in [1.29, 1.82) is 0 Å². The van der Waals surface area contributed by atoms with E-state index < -0.39 is 34.0 Å². The molecule has 29 heavy (non-hydrogen) atoms. The van der Waals surface area contributed by atoms with Gasteiger partial charge in [-0.25, -0.2) is 4.79 Å². The second-order valence-corrected chi connectivity index (χ2v) is 7.78. The van der Waals surface area contributed by atoms with Crippen molar-refractivity contribution in [1.82, 2.24) is 4.73 Å². The van der Waals surface area contributed by atoms with Crippen LogP contribution in [0.15, 0.2) is 59.5 Å². The predicted octanol–water partition coefficient (Wildman–Crippen LogP) is 2.52. The molecule has 1 aromatic heterocycles. The number of fused-ring (bicyclic) bond motifs is 3. The molecular formula is C19H15NO8S. The number of nitrogens with zero attached hydrogens (tertiary/aromatic N) is 1. The maximum absolute atomic E-state index is 12.0. The van der Waals surface area contributed by atoms with Gasteiger partial charge in [-0.15, -0.1) is 4.73 Å². The van der Waals surface area contributed by atoms with E-state index in [2.05, 4.69) is 0 Å². The first kappa shape index (κ1) is 18.8. The molecule has 1 heterocycles. The summed E-state index contributed by atoms with van der Waals surface area (Å²) in [6, 6.07) is 13.8. The van der Waals surface area contributed by atoms with Crippen LogP contribution >= 0.6 is 0 Å². The molecule has 4 rings (SSSR count). The summed E-state index contributed by atoms with van der Waals surface area (Å²) in [5.74, 6) is -1.48. The highest BCUT2D eigenvalue weighted by atomic mass is 32.2. The molecule has 3 N–H and O–H groups in total. The highest BCUT2D eigenvalue weighted by Gasteiger charge is 2.31. The average Bonchev–Trinajstić information content (AvgIpc) is 3.17. The lowest BCUT2D eigenvalue weighted by Crippen LogP contribution is -2.22. The first-order valence-corrected chi connectivity index (χ1v) is 9.85. The van der Waals surface area contributed by atoms with E-state index in [1.807, 2.05) is 18.2 Å². The molecule has 10 heteroatoms. The SMILES string of the molecule is O=C(OCC1c2ccccc2-c2ccc(S(=O)(=O)O)cc21)On1c(O)ccc1O. The normalized spacial score (nSPS) is 14.9. The van der Waals surface area contributed by atoms with Gasteiger partial charge in [0.2, 0.25) is 11.8 Å². The minimum absolute atomic E-state index is 0.194. The van der Waals surface area contributed by atoms with Gasteiger partial charge in [-0.1, -0.05) is 30.3 Å². The van der Waals surface area contributed by atoms with Crippen LogP contribution < -0.4 is 4.84 Å². The molecular weight excluding hydrogens is 402 g/mol. The Labute approximate surface area is 165 Å². The monoisotopic (exact) mass is 417 g/mol. The van der Waals surface area contributed by atoms with Crippen molar-refractivity contribution in [3.8, 4) is 22.9 Å². The first-order valence-electron chi connectivity index (χ1n) is 8.41. The number of ether oxygens (including phenoxy) is 1. The van der Waals surface area contributed by atoms with Crippen molar-refractivity contribution in [3.05, 3.63) is 65.7 Å². The van der Waals surface area contributed by atoms with Crippen molar-refractivity contribution in [2.45, 2.75) is 10.8 Å². The number of carbonyl (C=O) groups excluding carboxylic acids is 1. The second-order valence-electron chi connectivity index (χ2n) is 6.36. The van der Waals surface area contributed by atoms with E-state index in [9.17, 15) is 28.0 Å². The summed E-state index contributed by atoms with van der Waals surface area (Å²) in [4.78, 5) is 16.5. The topological polar surface area (TPSA) is 135 Å². The van der Waals surface area contributed by atoms with Crippen LogP contribution in [0.4, 0.5) is 4.79 Å². The third kappa shape index (κ3) is 3.39. The van der Waals surface area contributed by atoms with Gasteiger partial charge in [0.1, 0.15) is 6.61 Å². The van der Waals surface area contributed by atoms with Crippen molar-refractivity contribution >= 4 is 16.3 Å². The molecule has 0 fully saturated rings. The zero-order valence-corrected chi connectivity index (χ0v) is 15.5. The van der Waals surface area contributed by atoms with Crippen LogP contribution in [0.1, 0.15) is 17.0 Å². The molecule has 0 radical (unpaired) electrons. The van der Waals surface area contributed by atoms with Crippen LogP contribution in [0.3, 0.4) is 0 Å². The van der Waals surface area contributed by atoms with Gasteiger partial charge in [0, 0.05) is 18.1 Å². The zero-order valence-electron chi connectivity index (χ0n) is 14.7. The Kier molecular flexibility index (Phi) is 4.44. The van der Waals surface area contributed by atoms with Gasteiger partial charge in [-0.05, 0) is 34.4 Å². The van der Waals surface area contributed by atoms with Gasteiger partial charge in [0.05, 0.1) is 4.90 Å². The average molecular weight is 417 g/mol. The Morgan fingerprint density at radius 1 is 0.966 bits per heavy atom. The number of carbonyl (C=O) groups is 1. The highest BCUT2D eigenvalue weighted by molar-refractivity contribution is 7.85. The van der Waals surface area contributed by atoms with Crippen molar-refractivity contribution in [2.24, 2.45) is 0 Å². The Bertz CT molecular complexity index is 1200. The number of benzene rings is 2. The van der Waals surface area contributed by atoms with E-state index in [-0.39, 0.29) is 11.5 Å². The van der Waals surface area contributed by atoms with Crippen LogP contribution in [0.2, 0.25) is 0 Å². The smallest absolute Gasteiger partial charge is 0.492 e. The summed E-state index contributed by atoms with van der Waals surface area (Å²) in [6.07, 6.45) is -1.18. The van der Waals surface area contributed by atoms with Crippen LogP contribution in [0.25, 0.3) is 11.1 Å². The summed E-state index contributed by atoms with van der Waals surface area (Å²) >= 11 is 0. The van der Waals surface area contributed by atoms with Gasteiger partial charge < -0.3 is 14.9 Å². The standard InChI is InChI=1S/C19H15NO8S/c21-17-7-8-18(22)20(17)28-19(23)27-10-16-13-4-2-1-3-12(13)14-6-5-11(9-15(14)16)29(24,25)26/h1-9,16,21-22H,10H2,(H,24,25,26). The van der Waals surface area contributed by atoms with E-state index in [4.69, 9.17) is 9.57 Å². The molecule has 1 unspecified atom stereocenters. The van der Waals surface area contributed by atoms with Crippen molar-refractivity contribution in [3.63, 3.8) is 0 Å². The molecule has 2 aromatic carbocycles. The Hall–Kier alpha value is -3.50. The summed E-state index contributed by atoms with van der Waals surface area (Å²) in [5, 5.41) is 19.0. The van der Waals surface area contributed by atoms with Crippen molar-refractivity contribution < 1.29 is 37.6 Å². The minimum atomic E-state index is -4.40. The number of rotatable bonds is 4. The first-order chi connectivity index (χ1) is 13.8. The molecule has 150 valence electrons. The molecule has 0 bridgehead atoms. The van der Waals surface area contributed by atoms with E-state index in [0.29, 0.717) is 10.3 Å². The summed E-state index contributed by atoms with van der Waals surface area (Å²) in [5.41, 5.74) is 3.00. The molecule has 3 aromatic rings. The van der Waals surface area contributed by atoms with E-state index in [1.165, 1.54) is 12.1 Å². The highest BCUT2D eigenvalue weighted by Crippen LogP contribution is 2.45. The van der Waals surface area contributed by atoms with Crippen LogP contribution in [-0.4, -0.2) is 40.7 Å². The fourth-order valence-corrected chi connectivity index (χ4v) is 3.89. The predicted molar refractivity (Wildman–Crippen MR) is 99.2 cm³/mol. The number of hydrogen-bond donors (Lipinski definition) is 3. The molecule has 0 amide bonds. The van der Waals surface area contributed by atoms with Crippen LogP contribution in [-0.2, 0) is 14.9 Å².